The highest BCUT2D eigenvalue weighted by Gasteiger charge is 2.32. The van der Waals surface area contributed by atoms with Crippen molar-refractivity contribution >= 4 is 9.84 Å². The first-order chi connectivity index (χ1) is 7.97. The van der Waals surface area contributed by atoms with Gasteiger partial charge in [-0.15, -0.1) is 0 Å². The summed E-state index contributed by atoms with van der Waals surface area (Å²) >= 11 is 0. The lowest BCUT2D eigenvalue weighted by Crippen LogP contribution is -2.44. The highest BCUT2D eigenvalue weighted by molar-refractivity contribution is 7.90. The summed E-state index contributed by atoms with van der Waals surface area (Å²) in [7, 11) is -1.09. The van der Waals surface area contributed by atoms with Gasteiger partial charge in [0.25, 0.3) is 0 Å². The van der Waals surface area contributed by atoms with Gasteiger partial charge in [0.2, 0.25) is 0 Å². The van der Waals surface area contributed by atoms with Gasteiger partial charge in [-0.1, -0.05) is 12.8 Å². The molecule has 0 bridgehead atoms. The van der Waals surface area contributed by atoms with Crippen molar-refractivity contribution in [2.75, 3.05) is 32.3 Å². The van der Waals surface area contributed by atoms with Crippen molar-refractivity contribution in [1.82, 2.24) is 5.32 Å². The monoisotopic (exact) mass is 263 g/mol. The number of methoxy groups -OCH3 is 1. The summed E-state index contributed by atoms with van der Waals surface area (Å²) in [5.74, 6) is 0.278. The van der Waals surface area contributed by atoms with E-state index in [1.807, 2.05) is 0 Å². The van der Waals surface area contributed by atoms with E-state index in [-0.39, 0.29) is 11.3 Å². The van der Waals surface area contributed by atoms with Crippen molar-refractivity contribution in [3.8, 4) is 0 Å². The van der Waals surface area contributed by atoms with Gasteiger partial charge in [-0.25, -0.2) is 8.42 Å². The maximum absolute atomic E-state index is 11.0. The van der Waals surface area contributed by atoms with Gasteiger partial charge in [-0.2, -0.15) is 0 Å². The Hall–Kier alpha value is -0.130. The Morgan fingerprint density at radius 3 is 2.47 bits per heavy atom. The maximum atomic E-state index is 11.0. The minimum atomic E-state index is -2.82. The Morgan fingerprint density at radius 2 is 1.94 bits per heavy atom. The molecular weight excluding hydrogens is 238 g/mol. The third-order valence-electron chi connectivity index (χ3n) is 3.54. The van der Waals surface area contributed by atoms with E-state index in [4.69, 9.17) is 4.74 Å². The summed E-state index contributed by atoms with van der Waals surface area (Å²) < 4.78 is 27.2. The number of ether oxygens (including phenoxy) is 1. The molecule has 1 aliphatic carbocycles. The molecule has 0 aromatic carbocycles. The van der Waals surface area contributed by atoms with E-state index >= 15 is 0 Å². The molecule has 0 aromatic heterocycles. The Kier molecular flexibility index (Phi) is 5.89. The first-order valence-electron chi connectivity index (χ1n) is 6.39. The quantitative estimate of drug-likeness (QED) is 0.672. The molecule has 0 heterocycles. The van der Waals surface area contributed by atoms with Crippen LogP contribution in [0.4, 0.5) is 0 Å². The third-order valence-corrected chi connectivity index (χ3v) is 4.57. The first kappa shape index (κ1) is 14.9. The number of hydrogen-bond donors (Lipinski definition) is 1. The van der Waals surface area contributed by atoms with Crippen LogP contribution in [-0.2, 0) is 14.6 Å². The van der Waals surface area contributed by atoms with E-state index in [0.717, 1.165) is 19.6 Å². The van der Waals surface area contributed by atoms with Crippen LogP contribution in [0, 0.1) is 0 Å². The Balaban J connectivity index is 2.30. The number of rotatable bonds is 8. The third kappa shape index (κ3) is 5.84. The van der Waals surface area contributed by atoms with Gasteiger partial charge in [0.05, 0.1) is 5.75 Å². The zero-order valence-corrected chi connectivity index (χ0v) is 11.8. The van der Waals surface area contributed by atoms with Crippen molar-refractivity contribution < 1.29 is 13.2 Å². The molecule has 0 amide bonds. The molecule has 1 rings (SSSR count). The van der Waals surface area contributed by atoms with E-state index in [2.05, 4.69) is 5.32 Å². The standard InChI is InChI=1S/C12H25NO3S/c1-16-10-8-12(6-3-4-7-12)13-9-5-11-17(2,14)15/h13H,3-11H2,1-2H3. The van der Waals surface area contributed by atoms with Crippen molar-refractivity contribution in [3.63, 3.8) is 0 Å². The Labute approximate surface area is 105 Å². The van der Waals surface area contributed by atoms with Crippen LogP contribution >= 0.6 is 0 Å². The van der Waals surface area contributed by atoms with Crippen molar-refractivity contribution in [2.45, 2.75) is 44.1 Å². The summed E-state index contributed by atoms with van der Waals surface area (Å²) in [5, 5.41) is 3.56. The van der Waals surface area contributed by atoms with E-state index in [0.29, 0.717) is 6.42 Å². The zero-order valence-electron chi connectivity index (χ0n) is 11.0. The molecule has 102 valence electrons. The van der Waals surface area contributed by atoms with Crippen molar-refractivity contribution in [2.24, 2.45) is 0 Å². The van der Waals surface area contributed by atoms with Crippen LogP contribution in [0.15, 0.2) is 0 Å². The molecule has 1 N–H and O–H groups in total. The molecule has 1 fully saturated rings. The van der Waals surface area contributed by atoms with Crippen LogP contribution in [0.5, 0.6) is 0 Å². The molecule has 17 heavy (non-hydrogen) atoms. The second-order valence-corrected chi connectivity index (χ2v) is 7.40. The molecule has 0 radical (unpaired) electrons. The van der Waals surface area contributed by atoms with Crippen LogP contribution in [-0.4, -0.2) is 46.2 Å². The van der Waals surface area contributed by atoms with Gasteiger partial charge in [0.1, 0.15) is 9.84 Å². The first-order valence-corrected chi connectivity index (χ1v) is 8.45. The Morgan fingerprint density at radius 1 is 1.29 bits per heavy atom. The van der Waals surface area contributed by atoms with Crippen LogP contribution in [0.2, 0.25) is 0 Å². The van der Waals surface area contributed by atoms with Crippen LogP contribution in [0.25, 0.3) is 0 Å². The topological polar surface area (TPSA) is 55.4 Å². The molecule has 0 aliphatic heterocycles. The molecule has 0 unspecified atom stereocenters. The van der Waals surface area contributed by atoms with E-state index in [1.54, 1.807) is 7.11 Å². The van der Waals surface area contributed by atoms with Gasteiger partial charge >= 0.3 is 0 Å². The summed E-state index contributed by atoms with van der Waals surface area (Å²) in [6.07, 6.45) is 7.94. The second kappa shape index (κ2) is 6.71. The smallest absolute Gasteiger partial charge is 0.147 e. The van der Waals surface area contributed by atoms with Crippen LogP contribution < -0.4 is 5.32 Å². The normalized spacial score (nSPS) is 19.6. The van der Waals surface area contributed by atoms with Gasteiger partial charge in [0.15, 0.2) is 0 Å². The fourth-order valence-electron chi connectivity index (χ4n) is 2.55. The largest absolute Gasteiger partial charge is 0.385 e. The molecular formula is C12H25NO3S. The number of hydrogen-bond acceptors (Lipinski definition) is 4. The average Bonchev–Trinajstić information content (AvgIpc) is 2.70. The lowest BCUT2D eigenvalue weighted by atomic mass is 9.93. The van der Waals surface area contributed by atoms with Gasteiger partial charge in [-0.3, -0.25) is 0 Å². The molecule has 0 aromatic rings. The predicted molar refractivity (Wildman–Crippen MR) is 70.0 cm³/mol. The summed E-state index contributed by atoms with van der Waals surface area (Å²) in [4.78, 5) is 0. The molecule has 4 nitrogen and oxygen atoms in total. The van der Waals surface area contributed by atoms with Gasteiger partial charge in [-0.05, 0) is 32.2 Å². The Bertz CT molecular complexity index is 308. The van der Waals surface area contributed by atoms with Crippen molar-refractivity contribution in [3.05, 3.63) is 0 Å². The minimum absolute atomic E-state index is 0.202. The number of sulfone groups is 1. The lowest BCUT2D eigenvalue weighted by Gasteiger charge is -2.30. The van der Waals surface area contributed by atoms with E-state index in [9.17, 15) is 8.42 Å². The molecule has 1 saturated carbocycles. The summed E-state index contributed by atoms with van der Waals surface area (Å²) in [6, 6.07) is 0. The van der Waals surface area contributed by atoms with Gasteiger partial charge in [0, 0.05) is 25.5 Å². The highest BCUT2D eigenvalue weighted by Crippen LogP contribution is 2.32. The molecule has 0 atom stereocenters. The predicted octanol–water partition coefficient (Wildman–Crippen LogP) is 1.36. The highest BCUT2D eigenvalue weighted by atomic mass is 32.2. The summed E-state index contributed by atoms with van der Waals surface area (Å²) in [6.45, 7) is 1.57. The average molecular weight is 263 g/mol. The number of nitrogens with one attached hydrogen (secondary N) is 1. The lowest BCUT2D eigenvalue weighted by molar-refractivity contribution is 0.155. The fourth-order valence-corrected chi connectivity index (χ4v) is 3.22. The van der Waals surface area contributed by atoms with Crippen molar-refractivity contribution in [1.29, 1.82) is 0 Å². The fraction of sp³-hybridized carbons (Fsp3) is 1.00. The molecule has 1 aliphatic rings. The zero-order chi connectivity index (χ0) is 12.8. The minimum Gasteiger partial charge on any atom is -0.385 e. The summed E-state index contributed by atoms with van der Waals surface area (Å²) in [5.41, 5.74) is 0.202. The molecule has 5 heteroatoms. The SMILES string of the molecule is COCCC1(NCCCS(C)(=O)=O)CCCC1. The maximum Gasteiger partial charge on any atom is 0.147 e. The molecule has 0 spiro atoms. The second-order valence-electron chi connectivity index (χ2n) is 5.14. The van der Waals surface area contributed by atoms with Crippen LogP contribution in [0.3, 0.4) is 0 Å². The van der Waals surface area contributed by atoms with Crippen LogP contribution in [0.1, 0.15) is 38.5 Å². The molecule has 0 saturated heterocycles. The van der Waals surface area contributed by atoms with E-state index in [1.165, 1.54) is 31.9 Å². The van der Waals surface area contributed by atoms with Gasteiger partial charge < -0.3 is 10.1 Å². The van der Waals surface area contributed by atoms with E-state index < -0.39 is 9.84 Å².